The van der Waals surface area contributed by atoms with Crippen molar-refractivity contribution < 1.29 is 8.42 Å². The van der Waals surface area contributed by atoms with Gasteiger partial charge in [-0.2, -0.15) is 5.10 Å². The van der Waals surface area contributed by atoms with Crippen LogP contribution in [-0.2, 0) is 10.0 Å². The summed E-state index contributed by atoms with van der Waals surface area (Å²) in [7, 11) is -3.69. The third-order valence-electron chi connectivity index (χ3n) is 2.75. The Balaban J connectivity index is 1.89. The fourth-order valence-corrected chi connectivity index (χ4v) is 3.10. The molecule has 0 unspecified atom stereocenters. The fourth-order valence-electron chi connectivity index (χ4n) is 1.74. The zero-order chi connectivity index (χ0) is 15.6. The lowest BCUT2D eigenvalue weighted by Crippen LogP contribution is -2.14. The third kappa shape index (κ3) is 3.25. The second-order valence-corrected chi connectivity index (χ2v) is 7.20. The zero-order valence-corrected chi connectivity index (χ0v) is 14.1. The minimum atomic E-state index is -3.69. The Labute approximate surface area is 140 Å². The van der Waals surface area contributed by atoms with Gasteiger partial charge in [0, 0.05) is 22.0 Å². The van der Waals surface area contributed by atoms with Crippen LogP contribution >= 0.6 is 22.6 Å². The van der Waals surface area contributed by atoms with Gasteiger partial charge in [0.2, 0.25) is 0 Å². The number of nitrogens with one attached hydrogen (secondary N) is 1. The standard InChI is InChI=1S/C13H10IN5O2S/c14-10-2-4-11(5-3-10)22(20,21)18-12-8-13(16-9-15-12)19-7-1-6-17-19/h1-9H,(H,15,16,18). The average molecular weight is 427 g/mol. The number of aromatic nitrogens is 4. The van der Waals surface area contributed by atoms with E-state index in [4.69, 9.17) is 0 Å². The van der Waals surface area contributed by atoms with Crippen LogP contribution in [0, 0.1) is 3.57 Å². The lowest BCUT2D eigenvalue weighted by atomic mass is 10.4. The molecule has 7 nitrogen and oxygen atoms in total. The minimum Gasteiger partial charge on any atom is -0.263 e. The molecule has 0 aliphatic carbocycles. The van der Waals surface area contributed by atoms with Gasteiger partial charge in [-0.25, -0.2) is 23.1 Å². The molecule has 0 saturated carbocycles. The number of hydrogen-bond donors (Lipinski definition) is 1. The molecule has 0 aliphatic rings. The van der Waals surface area contributed by atoms with Crippen molar-refractivity contribution in [3.8, 4) is 5.82 Å². The van der Waals surface area contributed by atoms with Gasteiger partial charge >= 0.3 is 0 Å². The van der Waals surface area contributed by atoms with E-state index in [0.717, 1.165) is 3.57 Å². The molecule has 0 fully saturated rings. The van der Waals surface area contributed by atoms with E-state index in [1.54, 1.807) is 42.7 Å². The Kier molecular flexibility index (Phi) is 4.07. The Morgan fingerprint density at radius 1 is 1.14 bits per heavy atom. The highest BCUT2D eigenvalue weighted by Crippen LogP contribution is 2.16. The summed E-state index contributed by atoms with van der Waals surface area (Å²) >= 11 is 2.11. The van der Waals surface area contributed by atoms with E-state index in [0.29, 0.717) is 5.82 Å². The largest absolute Gasteiger partial charge is 0.263 e. The summed E-state index contributed by atoms with van der Waals surface area (Å²) in [6, 6.07) is 9.79. The van der Waals surface area contributed by atoms with Crippen molar-refractivity contribution in [1.82, 2.24) is 19.7 Å². The molecule has 2 aromatic heterocycles. The van der Waals surface area contributed by atoms with Gasteiger partial charge in [0.05, 0.1) is 4.90 Å². The van der Waals surface area contributed by atoms with Crippen molar-refractivity contribution in [3.63, 3.8) is 0 Å². The SMILES string of the molecule is O=S(=O)(Nc1cc(-n2cccn2)ncn1)c1ccc(I)cc1. The molecule has 0 spiro atoms. The van der Waals surface area contributed by atoms with Crippen LogP contribution in [-0.4, -0.2) is 28.2 Å². The fraction of sp³-hybridized carbons (Fsp3) is 0. The van der Waals surface area contributed by atoms with Crippen LogP contribution < -0.4 is 4.72 Å². The number of benzene rings is 1. The highest BCUT2D eigenvalue weighted by molar-refractivity contribution is 14.1. The first-order valence-corrected chi connectivity index (χ1v) is 8.71. The van der Waals surface area contributed by atoms with Crippen LogP contribution in [0.2, 0.25) is 0 Å². The first kappa shape index (κ1) is 14.9. The lowest BCUT2D eigenvalue weighted by molar-refractivity contribution is 0.601. The van der Waals surface area contributed by atoms with Crippen molar-refractivity contribution >= 4 is 38.4 Å². The molecule has 1 aromatic carbocycles. The first-order valence-electron chi connectivity index (χ1n) is 6.15. The summed E-state index contributed by atoms with van der Waals surface area (Å²) < 4.78 is 29.5. The summed E-state index contributed by atoms with van der Waals surface area (Å²) in [5.41, 5.74) is 0. The highest BCUT2D eigenvalue weighted by Gasteiger charge is 2.15. The van der Waals surface area contributed by atoms with E-state index >= 15 is 0 Å². The van der Waals surface area contributed by atoms with E-state index in [1.807, 2.05) is 0 Å². The van der Waals surface area contributed by atoms with Crippen LogP contribution in [0.25, 0.3) is 5.82 Å². The lowest BCUT2D eigenvalue weighted by Gasteiger charge is -2.08. The Morgan fingerprint density at radius 2 is 1.91 bits per heavy atom. The molecule has 3 rings (SSSR count). The van der Waals surface area contributed by atoms with Crippen molar-refractivity contribution in [1.29, 1.82) is 0 Å². The summed E-state index contributed by atoms with van der Waals surface area (Å²) in [6.45, 7) is 0. The molecular weight excluding hydrogens is 417 g/mol. The smallest absolute Gasteiger partial charge is 0.263 e. The van der Waals surface area contributed by atoms with Gasteiger partial charge in [0.1, 0.15) is 12.1 Å². The molecule has 112 valence electrons. The monoisotopic (exact) mass is 427 g/mol. The molecule has 1 N–H and O–H groups in total. The first-order chi connectivity index (χ1) is 10.5. The molecule has 0 bridgehead atoms. The molecule has 0 amide bonds. The maximum absolute atomic E-state index is 12.3. The predicted octanol–water partition coefficient (Wildman–Crippen LogP) is 2.07. The zero-order valence-electron chi connectivity index (χ0n) is 11.1. The maximum atomic E-state index is 12.3. The average Bonchev–Trinajstić information content (AvgIpc) is 3.02. The number of nitrogens with zero attached hydrogens (tertiary/aromatic N) is 4. The molecule has 0 radical (unpaired) electrons. The topological polar surface area (TPSA) is 89.8 Å². The summed E-state index contributed by atoms with van der Waals surface area (Å²) in [4.78, 5) is 8.16. The van der Waals surface area contributed by atoms with Crippen molar-refractivity contribution in [2.75, 3.05) is 4.72 Å². The molecule has 0 aliphatic heterocycles. The highest BCUT2D eigenvalue weighted by atomic mass is 127. The number of sulfonamides is 1. The van der Waals surface area contributed by atoms with Gasteiger partial charge in [0.25, 0.3) is 10.0 Å². The molecule has 0 atom stereocenters. The second-order valence-electron chi connectivity index (χ2n) is 4.27. The molecule has 9 heteroatoms. The van der Waals surface area contributed by atoms with Crippen LogP contribution in [0.5, 0.6) is 0 Å². The predicted molar refractivity (Wildman–Crippen MR) is 89.1 cm³/mol. The molecule has 2 heterocycles. The quantitative estimate of drug-likeness (QED) is 0.644. The molecule has 3 aromatic rings. The van der Waals surface area contributed by atoms with E-state index < -0.39 is 10.0 Å². The van der Waals surface area contributed by atoms with Crippen LogP contribution in [0.15, 0.2) is 60.0 Å². The van der Waals surface area contributed by atoms with Crippen molar-refractivity contribution in [2.24, 2.45) is 0 Å². The van der Waals surface area contributed by atoms with Crippen LogP contribution in [0.3, 0.4) is 0 Å². The molecular formula is C13H10IN5O2S. The second kappa shape index (κ2) is 6.01. The molecule has 0 saturated heterocycles. The normalized spacial score (nSPS) is 11.3. The summed E-state index contributed by atoms with van der Waals surface area (Å²) in [5, 5.41) is 4.04. The minimum absolute atomic E-state index is 0.173. The maximum Gasteiger partial charge on any atom is 0.263 e. The van der Waals surface area contributed by atoms with Gasteiger partial charge in [-0.1, -0.05) is 0 Å². The van der Waals surface area contributed by atoms with Gasteiger partial charge < -0.3 is 0 Å². The van der Waals surface area contributed by atoms with E-state index in [-0.39, 0.29) is 10.7 Å². The van der Waals surface area contributed by atoms with Gasteiger partial charge in [-0.05, 0) is 52.9 Å². The Hall–Kier alpha value is -2.01. The Morgan fingerprint density at radius 3 is 2.59 bits per heavy atom. The van der Waals surface area contributed by atoms with E-state index in [1.165, 1.54) is 17.1 Å². The van der Waals surface area contributed by atoms with Gasteiger partial charge in [-0.3, -0.25) is 4.72 Å². The number of rotatable bonds is 4. The van der Waals surface area contributed by atoms with Gasteiger partial charge in [0.15, 0.2) is 5.82 Å². The number of halogens is 1. The number of anilines is 1. The van der Waals surface area contributed by atoms with Gasteiger partial charge in [-0.15, -0.1) is 0 Å². The third-order valence-corrected chi connectivity index (χ3v) is 4.84. The molecule has 22 heavy (non-hydrogen) atoms. The number of hydrogen-bond acceptors (Lipinski definition) is 5. The summed E-state index contributed by atoms with van der Waals surface area (Å²) in [6.07, 6.45) is 4.60. The van der Waals surface area contributed by atoms with E-state index in [9.17, 15) is 8.42 Å². The van der Waals surface area contributed by atoms with Crippen molar-refractivity contribution in [2.45, 2.75) is 4.90 Å². The van der Waals surface area contributed by atoms with E-state index in [2.05, 4.69) is 42.4 Å². The van der Waals surface area contributed by atoms with Crippen LogP contribution in [0.4, 0.5) is 5.82 Å². The van der Waals surface area contributed by atoms with Crippen molar-refractivity contribution in [3.05, 3.63) is 58.7 Å². The van der Waals surface area contributed by atoms with Crippen LogP contribution in [0.1, 0.15) is 0 Å². The summed E-state index contributed by atoms with van der Waals surface area (Å²) in [5.74, 6) is 0.652. The Bertz CT molecular complexity index is 879.